The third-order valence-electron chi connectivity index (χ3n) is 2.61. The van der Waals surface area contributed by atoms with Crippen molar-refractivity contribution >= 4 is 10.9 Å². The van der Waals surface area contributed by atoms with E-state index in [2.05, 4.69) is 11.0 Å². The molecule has 2 rings (SSSR count). The Kier molecular flexibility index (Phi) is 2.40. The molecule has 1 aromatic carbocycles. The third kappa shape index (κ3) is 1.70. The van der Waals surface area contributed by atoms with E-state index in [0.29, 0.717) is 5.75 Å². The minimum Gasteiger partial charge on any atom is -0.506 e. The van der Waals surface area contributed by atoms with Crippen molar-refractivity contribution in [2.24, 2.45) is 7.05 Å². The van der Waals surface area contributed by atoms with Crippen LogP contribution in [-0.2, 0) is 13.6 Å². The number of aromatic nitrogens is 1. The number of hydrogen-bond donors (Lipinski definition) is 1. The van der Waals surface area contributed by atoms with Gasteiger partial charge >= 0.3 is 0 Å². The van der Waals surface area contributed by atoms with E-state index in [1.54, 1.807) is 6.07 Å². The number of hydrogen-bond acceptors (Lipinski definition) is 2. The molecule has 0 saturated carbocycles. The normalized spacial score (nSPS) is 11.5. The maximum atomic E-state index is 9.77. The molecule has 0 atom stereocenters. The van der Waals surface area contributed by atoms with Crippen molar-refractivity contribution in [1.29, 1.82) is 0 Å². The van der Waals surface area contributed by atoms with Crippen molar-refractivity contribution in [3.05, 3.63) is 30.0 Å². The van der Waals surface area contributed by atoms with Gasteiger partial charge in [0.05, 0.1) is 5.52 Å². The van der Waals surface area contributed by atoms with Crippen molar-refractivity contribution in [3.63, 3.8) is 0 Å². The molecule has 0 aliphatic rings. The van der Waals surface area contributed by atoms with Crippen molar-refractivity contribution in [3.8, 4) is 5.75 Å². The molecule has 0 spiro atoms. The molecule has 0 fully saturated rings. The monoisotopic (exact) mass is 204 g/mol. The molecule has 15 heavy (non-hydrogen) atoms. The summed E-state index contributed by atoms with van der Waals surface area (Å²) in [6, 6.07) is 7.74. The summed E-state index contributed by atoms with van der Waals surface area (Å²) in [6.45, 7) is 0.880. The Bertz CT molecular complexity index is 486. The fourth-order valence-electron chi connectivity index (χ4n) is 1.93. The number of benzene rings is 1. The molecular formula is C12H16N2O. The van der Waals surface area contributed by atoms with Gasteiger partial charge < -0.3 is 14.6 Å². The fourth-order valence-corrected chi connectivity index (χ4v) is 1.93. The largest absolute Gasteiger partial charge is 0.506 e. The summed E-state index contributed by atoms with van der Waals surface area (Å²) in [7, 11) is 6.07. The molecule has 0 aliphatic heterocycles. The number of phenols is 1. The Hall–Kier alpha value is -1.48. The second-order valence-corrected chi connectivity index (χ2v) is 4.15. The predicted octanol–water partition coefficient (Wildman–Crippen LogP) is 1.95. The number of nitrogens with zero attached hydrogens (tertiary/aromatic N) is 2. The maximum Gasteiger partial charge on any atom is 0.139 e. The van der Waals surface area contributed by atoms with Gasteiger partial charge in [-0.2, -0.15) is 0 Å². The lowest BCUT2D eigenvalue weighted by Gasteiger charge is -2.10. The van der Waals surface area contributed by atoms with Gasteiger partial charge in [-0.25, -0.2) is 0 Å². The van der Waals surface area contributed by atoms with Crippen LogP contribution in [0.1, 0.15) is 5.69 Å². The lowest BCUT2D eigenvalue weighted by molar-refractivity contribution is 0.391. The van der Waals surface area contributed by atoms with Crippen LogP contribution in [0, 0.1) is 0 Å². The van der Waals surface area contributed by atoms with Gasteiger partial charge in [0, 0.05) is 24.7 Å². The zero-order valence-electron chi connectivity index (χ0n) is 9.36. The molecule has 3 nitrogen and oxygen atoms in total. The number of fused-ring (bicyclic) bond motifs is 1. The Balaban J connectivity index is 2.59. The molecule has 80 valence electrons. The van der Waals surface area contributed by atoms with E-state index >= 15 is 0 Å². The number of rotatable bonds is 2. The fraction of sp³-hybridized carbons (Fsp3) is 0.333. The highest BCUT2D eigenvalue weighted by atomic mass is 16.3. The van der Waals surface area contributed by atoms with Crippen LogP contribution >= 0.6 is 0 Å². The first-order chi connectivity index (χ1) is 7.09. The summed E-state index contributed by atoms with van der Waals surface area (Å²) in [4.78, 5) is 2.12. The Morgan fingerprint density at radius 3 is 2.67 bits per heavy atom. The van der Waals surface area contributed by atoms with E-state index in [-0.39, 0.29) is 0 Å². The number of para-hydroxylation sites is 1. The van der Waals surface area contributed by atoms with Crippen LogP contribution in [0.5, 0.6) is 5.75 Å². The zero-order valence-corrected chi connectivity index (χ0v) is 9.36. The van der Waals surface area contributed by atoms with E-state index in [1.807, 2.05) is 37.8 Å². The third-order valence-corrected chi connectivity index (χ3v) is 2.61. The van der Waals surface area contributed by atoms with Crippen LogP contribution in [0.2, 0.25) is 0 Å². The number of aryl methyl sites for hydroxylation is 1. The average molecular weight is 204 g/mol. The van der Waals surface area contributed by atoms with Crippen LogP contribution in [0.3, 0.4) is 0 Å². The molecule has 3 heteroatoms. The van der Waals surface area contributed by atoms with Crippen LogP contribution in [0.4, 0.5) is 0 Å². The predicted molar refractivity (Wildman–Crippen MR) is 62.0 cm³/mol. The van der Waals surface area contributed by atoms with Gasteiger partial charge in [0.15, 0.2) is 0 Å². The second-order valence-electron chi connectivity index (χ2n) is 4.15. The van der Waals surface area contributed by atoms with Crippen molar-refractivity contribution in [1.82, 2.24) is 9.47 Å². The van der Waals surface area contributed by atoms with Gasteiger partial charge in [-0.05, 0) is 26.2 Å². The van der Waals surface area contributed by atoms with Gasteiger partial charge in [0.25, 0.3) is 0 Å². The van der Waals surface area contributed by atoms with Crippen LogP contribution in [0.25, 0.3) is 10.9 Å². The Labute approximate surface area is 89.5 Å². The molecule has 1 aromatic heterocycles. The number of aromatic hydroxyl groups is 1. The van der Waals surface area contributed by atoms with Crippen LogP contribution in [-0.4, -0.2) is 28.7 Å². The van der Waals surface area contributed by atoms with Gasteiger partial charge in [-0.3, -0.25) is 0 Å². The summed E-state index contributed by atoms with van der Waals surface area (Å²) >= 11 is 0. The number of phenolic OH excluding ortho intramolecular Hbond substituents is 1. The van der Waals surface area contributed by atoms with E-state index < -0.39 is 0 Å². The molecule has 0 amide bonds. The van der Waals surface area contributed by atoms with Crippen LogP contribution in [0.15, 0.2) is 24.3 Å². The zero-order chi connectivity index (χ0) is 11.0. The van der Waals surface area contributed by atoms with Gasteiger partial charge in [-0.1, -0.05) is 12.1 Å². The summed E-state index contributed by atoms with van der Waals surface area (Å²) in [6.07, 6.45) is 0. The topological polar surface area (TPSA) is 28.4 Å². The molecule has 0 saturated heterocycles. The van der Waals surface area contributed by atoms with Crippen molar-refractivity contribution < 1.29 is 5.11 Å². The first-order valence-corrected chi connectivity index (χ1v) is 5.00. The quantitative estimate of drug-likeness (QED) is 0.809. The molecule has 0 radical (unpaired) electrons. The summed E-state index contributed by atoms with van der Waals surface area (Å²) in [5, 5.41) is 10.9. The van der Waals surface area contributed by atoms with E-state index in [9.17, 15) is 5.11 Å². The lowest BCUT2D eigenvalue weighted by atomic mass is 10.2. The average Bonchev–Trinajstić information content (AvgIpc) is 2.44. The van der Waals surface area contributed by atoms with Crippen molar-refractivity contribution in [2.45, 2.75) is 6.54 Å². The van der Waals surface area contributed by atoms with E-state index in [1.165, 1.54) is 5.69 Å². The molecule has 0 bridgehead atoms. The summed E-state index contributed by atoms with van der Waals surface area (Å²) in [5.74, 6) is 0.347. The molecule has 2 aromatic rings. The molecular weight excluding hydrogens is 188 g/mol. The minimum absolute atomic E-state index is 0.347. The standard InChI is InChI=1S/C12H16N2O/c1-13(2)8-10-7-9-5-4-6-11(15)12(9)14(10)3/h4-7,15H,8H2,1-3H3. The lowest BCUT2D eigenvalue weighted by Crippen LogP contribution is -2.13. The van der Waals surface area contributed by atoms with Gasteiger partial charge in [-0.15, -0.1) is 0 Å². The van der Waals surface area contributed by atoms with Crippen LogP contribution < -0.4 is 0 Å². The maximum absolute atomic E-state index is 9.77. The molecule has 1 heterocycles. The Morgan fingerprint density at radius 1 is 1.33 bits per heavy atom. The highest BCUT2D eigenvalue weighted by molar-refractivity contribution is 5.86. The SMILES string of the molecule is CN(C)Cc1cc2cccc(O)c2n1C. The van der Waals surface area contributed by atoms with E-state index in [0.717, 1.165) is 17.4 Å². The van der Waals surface area contributed by atoms with Gasteiger partial charge in [0.1, 0.15) is 5.75 Å². The second kappa shape index (κ2) is 3.59. The van der Waals surface area contributed by atoms with E-state index in [4.69, 9.17) is 0 Å². The highest BCUT2D eigenvalue weighted by Gasteiger charge is 2.09. The highest BCUT2D eigenvalue weighted by Crippen LogP contribution is 2.27. The smallest absolute Gasteiger partial charge is 0.139 e. The van der Waals surface area contributed by atoms with Gasteiger partial charge in [0.2, 0.25) is 0 Å². The first-order valence-electron chi connectivity index (χ1n) is 5.00. The Morgan fingerprint density at radius 2 is 2.07 bits per heavy atom. The molecule has 0 unspecified atom stereocenters. The first kappa shape index (κ1) is 10.1. The van der Waals surface area contributed by atoms with Crippen molar-refractivity contribution in [2.75, 3.05) is 14.1 Å². The minimum atomic E-state index is 0.347. The molecule has 1 N–H and O–H groups in total. The summed E-state index contributed by atoms with van der Waals surface area (Å²) in [5.41, 5.74) is 2.12. The summed E-state index contributed by atoms with van der Waals surface area (Å²) < 4.78 is 2.05. The molecule has 0 aliphatic carbocycles.